The molecule has 0 spiro atoms. The Morgan fingerprint density at radius 2 is 1.94 bits per heavy atom. The van der Waals surface area contributed by atoms with Crippen LogP contribution < -0.4 is 11.1 Å². The summed E-state index contributed by atoms with van der Waals surface area (Å²) in [4.78, 5) is 34.8. The van der Waals surface area contributed by atoms with Crippen LogP contribution in [0.1, 0.15) is 33.1 Å². The number of carbonyl (C=O) groups is 3. The molecule has 0 radical (unpaired) electrons. The molecule has 0 unspecified atom stereocenters. The van der Waals surface area contributed by atoms with Gasteiger partial charge in [-0.3, -0.25) is 4.79 Å². The first-order valence-corrected chi connectivity index (χ1v) is 5.98. The van der Waals surface area contributed by atoms with Gasteiger partial charge in [0.2, 0.25) is 5.91 Å². The van der Waals surface area contributed by atoms with E-state index < -0.39 is 30.4 Å². The number of nitrogens with two attached hydrogens (primary N) is 1. The Labute approximate surface area is 106 Å². The van der Waals surface area contributed by atoms with Gasteiger partial charge in [0.25, 0.3) is 0 Å². The molecule has 7 nitrogen and oxygen atoms in total. The number of carboxylic acid groups (broad SMARTS) is 1. The van der Waals surface area contributed by atoms with E-state index in [1.165, 1.54) is 4.90 Å². The van der Waals surface area contributed by atoms with Crippen molar-refractivity contribution in [2.45, 2.75) is 39.2 Å². The summed E-state index contributed by atoms with van der Waals surface area (Å²) in [5.74, 6) is -2.03. The molecule has 0 aliphatic carbocycles. The quantitative estimate of drug-likeness (QED) is 0.575. The van der Waals surface area contributed by atoms with Crippen molar-refractivity contribution in [2.75, 3.05) is 13.1 Å². The summed E-state index contributed by atoms with van der Waals surface area (Å²) in [6.07, 6.45) is 1.37. The van der Waals surface area contributed by atoms with Crippen molar-refractivity contribution in [3.63, 3.8) is 0 Å². The van der Waals surface area contributed by atoms with Gasteiger partial charge in [-0.05, 0) is 13.3 Å². The molecule has 18 heavy (non-hydrogen) atoms. The largest absolute Gasteiger partial charge is 0.480 e. The van der Waals surface area contributed by atoms with Crippen molar-refractivity contribution in [1.29, 1.82) is 0 Å². The highest BCUT2D eigenvalue weighted by molar-refractivity contribution is 5.87. The summed E-state index contributed by atoms with van der Waals surface area (Å²) in [6, 6.07) is -1.76. The summed E-state index contributed by atoms with van der Waals surface area (Å²) in [7, 11) is 0. The van der Waals surface area contributed by atoms with Crippen LogP contribution in [-0.2, 0) is 9.59 Å². The molecule has 0 saturated heterocycles. The number of nitrogens with one attached hydrogen (secondary N) is 1. The number of unbranched alkanes of at least 4 members (excludes halogenated alkanes) is 1. The van der Waals surface area contributed by atoms with Crippen LogP contribution in [0.5, 0.6) is 0 Å². The summed E-state index contributed by atoms with van der Waals surface area (Å²) in [5.41, 5.74) is 4.93. The Morgan fingerprint density at radius 3 is 2.33 bits per heavy atom. The Balaban J connectivity index is 4.46. The number of rotatable bonds is 8. The standard InChI is InChI=1S/C11H21N3O4/c1-3-5-6-14(4-2)11(18)13-8(10(16)17)7-9(12)15/h8H,3-7H2,1-2H3,(H2,12,15)(H,13,18)(H,16,17)/t8-/m0/s1. The van der Waals surface area contributed by atoms with E-state index in [9.17, 15) is 14.4 Å². The topological polar surface area (TPSA) is 113 Å². The van der Waals surface area contributed by atoms with E-state index in [1.807, 2.05) is 6.92 Å². The number of hydrogen-bond donors (Lipinski definition) is 3. The molecule has 7 heteroatoms. The van der Waals surface area contributed by atoms with Crippen LogP contribution >= 0.6 is 0 Å². The minimum absolute atomic E-state index is 0.410. The number of amides is 3. The molecule has 0 aromatic heterocycles. The van der Waals surface area contributed by atoms with Crippen LogP contribution in [0.2, 0.25) is 0 Å². The molecule has 0 bridgehead atoms. The highest BCUT2D eigenvalue weighted by atomic mass is 16.4. The Morgan fingerprint density at radius 1 is 1.33 bits per heavy atom. The molecule has 0 rings (SSSR count). The number of carbonyl (C=O) groups excluding carboxylic acids is 2. The van der Waals surface area contributed by atoms with Crippen LogP contribution in [0.4, 0.5) is 4.79 Å². The summed E-state index contributed by atoms with van der Waals surface area (Å²) in [6.45, 7) is 4.84. The predicted molar refractivity (Wildman–Crippen MR) is 65.9 cm³/mol. The van der Waals surface area contributed by atoms with Gasteiger partial charge in [0.05, 0.1) is 6.42 Å². The van der Waals surface area contributed by atoms with Crippen molar-refractivity contribution >= 4 is 17.9 Å². The Bertz CT molecular complexity index is 307. The van der Waals surface area contributed by atoms with Gasteiger partial charge in [0, 0.05) is 13.1 Å². The SMILES string of the molecule is CCCCN(CC)C(=O)N[C@@H](CC(N)=O)C(=O)O. The summed E-state index contributed by atoms with van der Waals surface area (Å²) < 4.78 is 0. The average molecular weight is 259 g/mol. The van der Waals surface area contributed by atoms with Gasteiger partial charge < -0.3 is 21.1 Å². The van der Waals surface area contributed by atoms with E-state index in [-0.39, 0.29) is 0 Å². The second kappa shape index (κ2) is 8.32. The molecule has 104 valence electrons. The van der Waals surface area contributed by atoms with E-state index in [1.54, 1.807) is 6.92 Å². The summed E-state index contributed by atoms with van der Waals surface area (Å²) in [5, 5.41) is 11.2. The lowest BCUT2D eigenvalue weighted by molar-refractivity contribution is -0.140. The maximum Gasteiger partial charge on any atom is 0.326 e. The average Bonchev–Trinajstić information content (AvgIpc) is 2.28. The normalized spacial score (nSPS) is 11.7. The zero-order chi connectivity index (χ0) is 14.1. The molecule has 1 atom stereocenters. The summed E-state index contributed by atoms with van der Waals surface area (Å²) >= 11 is 0. The van der Waals surface area contributed by atoms with Gasteiger partial charge in [0.15, 0.2) is 0 Å². The van der Waals surface area contributed by atoms with E-state index in [0.717, 1.165) is 12.8 Å². The highest BCUT2D eigenvalue weighted by Gasteiger charge is 2.24. The lowest BCUT2D eigenvalue weighted by atomic mass is 10.2. The second-order valence-electron chi connectivity index (χ2n) is 3.94. The first-order chi connectivity index (χ1) is 8.42. The van der Waals surface area contributed by atoms with Gasteiger partial charge in [0.1, 0.15) is 6.04 Å². The fraction of sp³-hybridized carbons (Fsp3) is 0.727. The second-order valence-corrected chi connectivity index (χ2v) is 3.94. The molecular formula is C11H21N3O4. The van der Waals surface area contributed by atoms with E-state index in [4.69, 9.17) is 10.8 Å². The molecular weight excluding hydrogens is 238 g/mol. The van der Waals surface area contributed by atoms with E-state index in [0.29, 0.717) is 13.1 Å². The molecule has 0 saturated carbocycles. The predicted octanol–water partition coefficient (Wildman–Crippen LogP) is 0.147. The Hall–Kier alpha value is -1.79. The minimum atomic E-state index is -1.27. The van der Waals surface area contributed by atoms with Gasteiger partial charge in [-0.25, -0.2) is 9.59 Å². The smallest absolute Gasteiger partial charge is 0.326 e. The van der Waals surface area contributed by atoms with Gasteiger partial charge >= 0.3 is 12.0 Å². The maximum absolute atomic E-state index is 11.8. The third kappa shape index (κ3) is 6.07. The molecule has 0 fully saturated rings. The zero-order valence-electron chi connectivity index (χ0n) is 10.8. The third-order valence-corrected chi connectivity index (χ3v) is 2.45. The highest BCUT2D eigenvalue weighted by Crippen LogP contribution is 1.98. The number of primary amides is 1. The van der Waals surface area contributed by atoms with Gasteiger partial charge in [-0.2, -0.15) is 0 Å². The van der Waals surface area contributed by atoms with Crippen LogP contribution in [0.15, 0.2) is 0 Å². The monoisotopic (exact) mass is 259 g/mol. The van der Waals surface area contributed by atoms with E-state index >= 15 is 0 Å². The Kier molecular flexibility index (Phi) is 7.50. The fourth-order valence-electron chi connectivity index (χ4n) is 1.39. The first kappa shape index (κ1) is 16.2. The van der Waals surface area contributed by atoms with Crippen LogP contribution in [-0.4, -0.2) is 47.0 Å². The number of aliphatic carboxylic acids is 1. The fourth-order valence-corrected chi connectivity index (χ4v) is 1.39. The molecule has 0 aromatic carbocycles. The third-order valence-electron chi connectivity index (χ3n) is 2.45. The molecule has 0 aliphatic rings. The van der Waals surface area contributed by atoms with Crippen molar-refractivity contribution in [3.8, 4) is 0 Å². The number of urea groups is 1. The number of hydrogen-bond acceptors (Lipinski definition) is 3. The van der Waals surface area contributed by atoms with E-state index in [2.05, 4.69) is 5.32 Å². The zero-order valence-corrected chi connectivity index (χ0v) is 10.8. The van der Waals surface area contributed by atoms with Crippen molar-refractivity contribution in [1.82, 2.24) is 10.2 Å². The molecule has 3 amide bonds. The first-order valence-electron chi connectivity index (χ1n) is 5.98. The van der Waals surface area contributed by atoms with Gasteiger partial charge in [-0.15, -0.1) is 0 Å². The number of carboxylic acids is 1. The van der Waals surface area contributed by atoms with Crippen molar-refractivity contribution in [2.24, 2.45) is 5.73 Å². The van der Waals surface area contributed by atoms with Crippen LogP contribution in [0.25, 0.3) is 0 Å². The maximum atomic E-state index is 11.8. The molecule has 0 aliphatic heterocycles. The van der Waals surface area contributed by atoms with Crippen LogP contribution in [0, 0.1) is 0 Å². The molecule has 0 aromatic rings. The van der Waals surface area contributed by atoms with Crippen LogP contribution in [0.3, 0.4) is 0 Å². The molecule has 4 N–H and O–H groups in total. The lowest BCUT2D eigenvalue weighted by Gasteiger charge is -2.23. The van der Waals surface area contributed by atoms with Crippen molar-refractivity contribution < 1.29 is 19.5 Å². The molecule has 0 heterocycles. The van der Waals surface area contributed by atoms with Crippen molar-refractivity contribution in [3.05, 3.63) is 0 Å². The number of nitrogens with zero attached hydrogens (tertiary/aromatic N) is 1. The van der Waals surface area contributed by atoms with Gasteiger partial charge in [-0.1, -0.05) is 13.3 Å². The minimum Gasteiger partial charge on any atom is -0.480 e. The lowest BCUT2D eigenvalue weighted by Crippen LogP contribution is -2.49.